The van der Waals surface area contributed by atoms with E-state index in [0.717, 1.165) is 38.5 Å². The maximum atomic E-state index is 12.8. The largest absolute Gasteiger partial charge is 0.495 e. The first-order valence-electron chi connectivity index (χ1n) is 8.97. The van der Waals surface area contributed by atoms with Gasteiger partial charge in [-0.25, -0.2) is 8.42 Å². The molecule has 0 saturated carbocycles. The molecule has 1 aromatic carbocycles. The molecule has 0 spiro atoms. The fourth-order valence-electron chi connectivity index (χ4n) is 2.94. The van der Waals surface area contributed by atoms with Crippen LogP contribution < -0.4 is 10.1 Å². The number of methoxy groups -OCH3 is 1. The molecular weight excluding hydrogens is 340 g/mol. The summed E-state index contributed by atoms with van der Waals surface area (Å²) in [6.07, 6.45) is 6.02. The highest BCUT2D eigenvalue weighted by molar-refractivity contribution is 7.89. The third-order valence-electron chi connectivity index (χ3n) is 4.42. The van der Waals surface area contributed by atoms with Crippen molar-refractivity contribution in [3.8, 4) is 5.75 Å². The molecule has 7 heteroatoms. The molecular formula is C18H28N2O4S. The Morgan fingerprint density at radius 1 is 1.20 bits per heavy atom. The lowest BCUT2D eigenvalue weighted by atomic mass is 10.2. The predicted octanol–water partition coefficient (Wildman–Crippen LogP) is 2.79. The molecule has 0 bridgehead atoms. The van der Waals surface area contributed by atoms with E-state index in [0.29, 0.717) is 25.2 Å². The summed E-state index contributed by atoms with van der Waals surface area (Å²) < 4.78 is 32.3. The zero-order valence-corrected chi connectivity index (χ0v) is 15.9. The average molecular weight is 368 g/mol. The molecule has 1 N–H and O–H groups in total. The van der Waals surface area contributed by atoms with Gasteiger partial charge in [-0.15, -0.1) is 0 Å². The maximum absolute atomic E-state index is 12.8. The lowest BCUT2D eigenvalue weighted by Gasteiger charge is -2.18. The Balaban J connectivity index is 2.14. The number of carbonyl (C=O) groups is 1. The number of hydrogen-bond donors (Lipinski definition) is 1. The lowest BCUT2D eigenvalue weighted by molar-refractivity contribution is 0.0952. The number of rotatable bonds is 9. The number of hydrogen-bond acceptors (Lipinski definition) is 4. The molecule has 0 aliphatic carbocycles. The van der Waals surface area contributed by atoms with Gasteiger partial charge in [-0.2, -0.15) is 4.31 Å². The van der Waals surface area contributed by atoms with Crippen LogP contribution in [0.5, 0.6) is 5.75 Å². The molecule has 2 rings (SSSR count). The molecule has 0 unspecified atom stereocenters. The van der Waals surface area contributed by atoms with Gasteiger partial charge < -0.3 is 10.1 Å². The zero-order valence-electron chi connectivity index (χ0n) is 15.1. The molecule has 0 atom stereocenters. The molecule has 1 aromatic rings. The Hall–Kier alpha value is -1.60. The highest BCUT2D eigenvalue weighted by atomic mass is 32.2. The molecule has 0 aromatic heterocycles. The van der Waals surface area contributed by atoms with Crippen molar-refractivity contribution in [3.05, 3.63) is 23.8 Å². The molecule has 1 aliphatic rings. The van der Waals surface area contributed by atoms with Crippen molar-refractivity contribution in [1.82, 2.24) is 9.62 Å². The highest BCUT2D eigenvalue weighted by Gasteiger charge is 2.30. The molecule has 1 saturated heterocycles. The number of ether oxygens (including phenoxy) is 1. The van der Waals surface area contributed by atoms with Gasteiger partial charge in [0.25, 0.3) is 5.91 Å². The third-order valence-corrected chi connectivity index (χ3v) is 6.34. The summed E-state index contributed by atoms with van der Waals surface area (Å²) in [7, 11) is -2.21. The van der Waals surface area contributed by atoms with Gasteiger partial charge in [-0.05, 0) is 37.5 Å². The second-order valence-electron chi connectivity index (χ2n) is 6.29. The number of nitrogens with zero attached hydrogens (tertiary/aromatic N) is 1. The minimum absolute atomic E-state index is 0.0653. The minimum atomic E-state index is -3.64. The van der Waals surface area contributed by atoms with Crippen LogP contribution in [0.1, 0.15) is 55.8 Å². The Morgan fingerprint density at radius 3 is 2.56 bits per heavy atom. The smallest absolute Gasteiger partial charge is 0.251 e. The number of carbonyl (C=O) groups excluding carboxylic acids is 1. The highest BCUT2D eigenvalue weighted by Crippen LogP contribution is 2.29. The van der Waals surface area contributed by atoms with Crippen LogP contribution in [0.4, 0.5) is 0 Å². The van der Waals surface area contributed by atoms with Crippen molar-refractivity contribution in [2.24, 2.45) is 0 Å². The van der Waals surface area contributed by atoms with Gasteiger partial charge in [0.1, 0.15) is 10.6 Å². The van der Waals surface area contributed by atoms with Gasteiger partial charge in [-0.3, -0.25) is 4.79 Å². The van der Waals surface area contributed by atoms with Crippen LogP contribution in [0.2, 0.25) is 0 Å². The standard InChI is InChI=1S/C18H28N2O4S/c1-3-4-5-6-11-19-18(21)15-9-10-16(24-2)17(14-15)25(22,23)20-12-7-8-13-20/h9-10,14H,3-8,11-13H2,1-2H3,(H,19,21). The molecule has 140 valence electrons. The van der Waals surface area contributed by atoms with Crippen LogP contribution in [0.15, 0.2) is 23.1 Å². The summed E-state index contributed by atoms with van der Waals surface area (Å²) in [6, 6.07) is 4.58. The van der Waals surface area contributed by atoms with E-state index in [-0.39, 0.29) is 16.6 Å². The second kappa shape index (κ2) is 9.20. The van der Waals surface area contributed by atoms with E-state index in [2.05, 4.69) is 12.2 Å². The van der Waals surface area contributed by atoms with Crippen molar-refractivity contribution in [1.29, 1.82) is 0 Å². The summed E-state index contributed by atoms with van der Waals surface area (Å²) in [4.78, 5) is 12.4. The van der Waals surface area contributed by atoms with Crippen LogP contribution >= 0.6 is 0 Å². The minimum Gasteiger partial charge on any atom is -0.495 e. The number of benzene rings is 1. The number of sulfonamides is 1. The molecule has 0 radical (unpaired) electrons. The Morgan fingerprint density at radius 2 is 1.92 bits per heavy atom. The number of unbranched alkanes of at least 4 members (excludes halogenated alkanes) is 3. The summed E-state index contributed by atoms with van der Waals surface area (Å²) >= 11 is 0. The van der Waals surface area contributed by atoms with E-state index in [4.69, 9.17) is 4.74 Å². The Bertz CT molecular complexity index is 682. The summed E-state index contributed by atoms with van der Waals surface area (Å²) in [5.74, 6) is 0.0171. The predicted molar refractivity (Wildman–Crippen MR) is 97.5 cm³/mol. The third kappa shape index (κ3) is 4.95. The van der Waals surface area contributed by atoms with Gasteiger partial charge in [-0.1, -0.05) is 26.2 Å². The summed E-state index contributed by atoms with van der Waals surface area (Å²) in [5.41, 5.74) is 0.342. The summed E-state index contributed by atoms with van der Waals surface area (Å²) in [6.45, 7) is 3.76. The SMILES string of the molecule is CCCCCCNC(=O)c1ccc(OC)c(S(=O)(=O)N2CCCC2)c1. The average Bonchev–Trinajstić information content (AvgIpc) is 3.16. The van der Waals surface area contributed by atoms with Crippen molar-refractivity contribution in [3.63, 3.8) is 0 Å². The number of amides is 1. The first-order chi connectivity index (χ1) is 12.0. The normalized spacial score (nSPS) is 15.3. The van der Waals surface area contributed by atoms with E-state index in [1.807, 2.05) is 0 Å². The van der Waals surface area contributed by atoms with Crippen molar-refractivity contribution in [2.75, 3.05) is 26.7 Å². The van der Waals surface area contributed by atoms with Crippen molar-refractivity contribution < 1.29 is 17.9 Å². The number of nitrogens with one attached hydrogen (secondary N) is 1. The molecule has 25 heavy (non-hydrogen) atoms. The summed E-state index contributed by atoms with van der Waals surface area (Å²) in [5, 5.41) is 2.86. The van der Waals surface area contributed by atoms with Crippen molar-refractivity contribution in [2.45, 2.75) is 50.3 Å². The van der Waals surface area contributed by atoms with Gasteiger partial charge in [0, 0.05) is 25.2 Å². The van der Waals surface area contributed by atoms with Gasteiger partial charge in [0.2, 0.25) is 10.0 Å². The Labute approximate surface area is 150 Å². The van der Waals surface area contributed by atoms with Gasteiger partial charge in [0.15, 0.2) is 0 Å². The van der Waals surface area contributed by atoms with E-state index in [9.17, 15) is 13.2 Å². The lowest BCUT2D eigenvalue weighted by Crippen LogP contribution is -2.29. The monoisotopic (exact) mass is 368 g/mol. The van der Waals surface area contributed by atoms with Crippen LogP contribution in [0, 0.1) is 0 Å². The van der Waals surface area contributed by atoms with E-state index < -0.39 is 10.0 Å². The van der Waals surface area contributed by atoms with E-state index in [1.165, 1.54) is 17.5 Å². The topological polar surface area (TPSA) is 75.7 Å². The van der Waals surface area contributed by atoms with E-state index in [1.54, 1.807) is 12.1 Å². The van der Waals surface area contributed by atoms with Crippen LogP contribution in [-0.2, 0) is 10.0 Å². The van der Waals surface area contributed by atoms with E-state index >= 15 is 0 Å². The first-order valence-corrected chi connectivity index (χ1v) is 10.4. The van der Waals surface area contributed by atoms with Crippen LogP contribution in [0.3, 0.4) is 0 Å². The first kappa shape index (κ1) is 19.7. The zero-order chi connectivity index (χ0) is 18.3. The quantitative estimate of drug-likeness (QED) is 0.680. The van der Waals surface area contributed by atoms with Crippen LogP contribution in [-0.4, -0.2) is 45.4 Å². The second-order valence-corrected chi connectivity index (χ2v) is 8.20. The van der Waals surface area contributed by atoms with Crippen LogP contribution in [0.25, 0.3) is 0 Å². The molecule has 1 amide bonds. The molecule has 1 fully saturated rings. The Kier molecular flexibility index (Phi) is 7.25. The molecule has 1 heterocycles. The fourth-order valence-corrected chi connectivity index (χ4v) is 4.64. The molecule has 6 nitrogen and oxygen atoms in total. The maximum Gasteiger partial charge on any atom is 0.251 e. The fraction of sp³-hybridized carbons (Fsp3) is 0.611. The molecule has 1 aliphatic heterocycles. The van der Waals surface area contributed by atoms with Gasteiger partial charge >= 0.3 is 0 Å². The van der Waals surface area contributed by atoms with Crippen molar-refractivity contribution >= 4 is 15.9 Å². The van der Waals surface area contributed by atoms with Gasteiger partial charge in [0.05, 0.1) is 7.11 Å².